The Morgan fingerprint density at radius 1 is 1.21 bits per heavy atom. The van der Waals surface area contributed by atoms with Gasteiger partial charge >= 0.3 is 0 Å². The Bertz CT molecular complexity index is 518. The molecule has 0 radical (unpaired) electrons. The molecule has 0 amide bonds. The highest BCUT2D eigenvalue weighted by Gasteiger charge is 2.10. The lowest BCUT2D eigenvalue weighted by atomic mass is 10.1. The van der Waals surface area contributed by atoms with Crippen molar-refractivity contribution >= 4 is 0 Å². The van der Waals surface area contributed by atoms with Crippen LogP contribution in [0.25, 0.3) is 0 Å². The molecule has 0 aliphatic carbocycles. The first-order valence-corrected chi connectivity index (χ1v) is 6.29. The third-order valence-electron chi connectivity index (χ3n) is 2.73. The van der Waals surface area contributed by atoms with Gasteiger partial charge in [0.2, 0.25) is 0 Å². The maximum absolute atomic E-state index is 9.40. The average Bonchev–Trinajstić information content (AvgIpc) is 2.86. The molecule has 5 nitrogen and oxygen atoms in total. The summed E-state index contributed by atoms with van der Waals surface area (Å²) in [4.78, 5) is 4.23. The van der Waals surface area contributed by atoms with Crippen LogP contribution in [0, 0.1) is 0 Å². The van der Waals surface area contributed by atoms with Crippen molar-refractivity contribution in [2.24, 2.45) is 0 Å². The van der Waals surface area contributed by atoms with Gasteiger partial charge in [-0.25, -0.2) is 0 Å². The Morgan fingerprint density at radius 2 is 1.89 bits per heavy atom. The monoisotopic (exact) mass is 262 g/mol. The van der Waals surface area contributed by atoms with Gasteiger partial charge in [-0.1, -0.05) is 31.1 Å². The fourth-order valence-corrected chi connectivity index (χ4v) is 1.55. The van der Waals surface area contributed by atoms with Crippen molar-refractivity contribution in [1.29, 1.82) is 0 Å². The number of rotatable bonds is 5. The van der Waals surface area contributed by atoms with Gasteiger partial charge in [-0.05, 0) is 24.6 Å². The molecule has 0 fully saturated rings. The SMILES string of the molecule is CC(C)c1noc(COc2ccc([C@@H](C)O)cc2)n1. The molecule has 0 bridgehead atoms. The highest BCUT2D eigenvalue weighted by molar-refractivity contribution is 5.28. The van der Waals surface area contributed by atoms with E-state index in [1.54, 1.807) is 6.92 Å². The lowest BCUT2D eigenvalue weighted by molar-refractivity contribution is 0.199. The molecule has 2 rings (SSSR count). The van der Waals surface area contributed by atoms with Crippen LogP contribution in [0.1, 0.15) is 50.1 Å². The largest absolute Gasteiger partial charge is 0.484 e. The van der Waals surface area contributed by atoms with Crippen LogP contribution < -0.4 is 4.74 Å². The van der Waals surface area contributed by atoms with Gasteiger partial charge in [-0.3, -0.25) is 0 Å². The van der Waals surface area contributed by atoms with Crippen LogP contribution in [0.2, 0.25) is 0 Å². The first-order chi connectivity index (χ1) is 9.06. The molecular weight excluding hydrogens is 244 g/mol. The molecule has 0 unspecified atom stereocenters. The van der Waals surface area contributed by atoms with Crippen molar-refractivity contribution in [1.82, 2.24) is 10.1 Å². The smallest absolute Gasteiger partial charge is 0.264 e. The Balaban J connectivity index is 1.94. The molecule has 0 saturated heterocycles. The van der Waals surface area contributed by atoms with Crippen LogP contribution in [0.3, 0.4) is 0 Å². The van der Waals surface area contributed by atoms with E-state index >= 15 is 0 Å². The van der Waals surface area contributed by atoms with E-state index in [0.717, 1.165) is 5.56 Å². The zero-order chi connectivity index (χ0) is 13.8. The van der Waals surface area contributed by atoms with E-state index < -0.39 is 6.10 Å². The number of hydrogen-bond acceptors (Lipinski definition) is 5. The van der Waals surface area contributed by atoms with E-state index in [0.29, 0.717) is 17.5 Å². The van der Waals surface area contributed by atoms with Crippen LogP contribution in [0.5, 0.6) is 5.75 Å². The number of aliphatic hydroxyl groups excluding tert-OH is 1. The normalized spacial score (nSPS) is 12.7. The van der Waals surface area contributed by atoms with Gasteiger partial charge in [-0.15, -0.1) is 0 Å². The summed E-state index contributed by atoms with van der Waals surface area (Å²) in [5.41, 5.74) is 0.854. The van der Waals surface area contributed by atoms with Crippen molar-refractivity contribution in [3.8, 4) is 5.75 Å². The highest BCUT2D eigenvalue weighted by atomic mass is 16.5. The summed E-state index contributed by atoms with van der Waals surface area (Å²) in [6.07, 6.45) is -0.474. The van der Waals surface area contributed by atoms with Crippen molar-refractivity contribution in [3.63, 3.8) is 0 Å². The Kier molecular flexibility index (Phi) is 4.16. The molecule has 19 heavy (non-hydrogen) atoms. The Hall–Kier alpha value is -1.88. The molecule has 1 aromatic carbocycles. The molecule has 1 atom stereocenters. The van der Waals surface area contributed by atoms with E-state index in [2.05, 4.69) is 10.1 Å². The first kappa shape index (κ1) is 13.5. The second kappa shape index (κ2) is 5.84. The predicted octanol–water partition coefficient (Wildman–Crippen LogP) is 2.83. The maximum atomic E-state index is 9.40. The molecule has 102 valence electrons. The van der Waals surface area contributed by atoms with Gasteiger partial charge in [0.1, 0.15) is 5.75 Å². The van der Waals surface area contributed by atoms with Crippen LogP contribution in [-0.4, -0.2) is 15.2 Å². The van der Waals surface area contributed by atoms with E-state index in [-0.39, 0.29) is 12.5 Å². The predicted molar refractivity (Wildman–Crippen MR) is 69.8 cm³/mol. The van der Waals surface area contributed by atoms with Gasteiger partial charge in [0.15, 0.2) is 12.4 Å². The summed E-state index contributed by atoms with van der Waals surface area (Å²) in [5, 5.41) is 13.3. The molecule has 2 aromatic rings. The van der Waals surface area contributed by atoms with Crippen molar-refractivity contribution in [3.05, 3.63) is 41.5 Å². The third-order valence-corrected chi connectivity index (χ3v) is 2.73. The zero-order valence-corrected chi connectivity index (χ0v) is 11.3. The summed E-state index contributed by atoms with van der Waals surface area (Å²) in [7, 11) is 0. The summed E-state index contributed by atoms with van der Waals surface area (Å²) in [5.74, 6) is 2.09. The summed E-state index contributed by atoms with van der Waals surface area (Å²) >= 11 is 0. The molecule has 5 heteroatoms. The van der Waals surface area contributed by atoms with Crippen molar-refractivity contribution < 1.29 is 14.4 Å². The minimum atomic E-state index is -0.474. The molecule has 0 spiro atoms. The van der Waals surface area contributed by atoms with Gasteiger partial charge < -0.3 is 14.4 Å². The van der Waals surface area contributed by atoms with Gasteiger partial charge in [0.05, 0.1) is 6.10 Å². The molecule has 0 aliphatic rings. The topological polar surface area (TPSA) is 68.4 Å². The average molecular weight is 262 g/mol. The van der Waals surface area contributed by atoms with Gasteiger partial charge in [0.25, 0.3) is 5.89 Å². The number of aliphatic hydroxyl groups is 1. The Labute approximate surface area is 112 Å². The maximum Gasteiger partial charge on any atom is 0.264 e. The summed E-state index contributed by atoms with van der Waals surface area (Å²) in [6, 6.07) is 7.27. The van der Waals surface area contributed by atoms with Gasteiger partial charge in [-0.2, -0.15) is 4.98 Å². The molecule has 1 aromatic heterocycles. The van der Waals surface area contributed by atoms with Crippen molar-refractivity contribution in [2.75, 3.05) is 0 Å². The number of benzene rings is 1. The molecule has 0 aliphatic heterocycles. The minimum absolute atomic E-state index is 0.239. The van der Waals surface area contributed by atoms with Crippen LogP contribution in [-0.2, 0) is 6.61 Å². The molecule has 1 N–H and O–H groups in total. The lowest BCUT2D eigenvalue weighted by Gasteiger charge is -2.06. The van der Waals surface area contributed by atoms with E-state index in [1.807, 2.05) is 38.1 Å². The summed E-state index contributed by atoms with van der Waals surface area (Å²) in [6.45, 7) is 5.98. The van der Waals surface area contributed by atoms with Gasteiger partial charge in [0, 0.05) is 5.92 Å². The second-order valence-corrected chi connectivity index (χ2v) is 4.73. The van der Waals surface area contributed by atoms with Crippen LogP contribution >= 0.6 is 0 Å². The Morgan fingerprint density at radius 3 is 2.42 bits per heavy atom. The molecular formula is C14H18N2O3. The molecule has 1 heterocycles. The minimum Gasteiger partial charge on any atom is -0.484 e. The number of hydrogen-bond donors (Lipinski definition) is 1. The summed E-state index contributed by atoms with van der Waals surface area (Å²) < 4.78 is 10.6. The number of nitrogens with zero attached hydrogens (tertiary/aromatic N) is 2. The quantitative estimate of drug-likeness (QED) is 0.897. The second-order valence-electron chi connectivity index (χ2n) is 4.73. The van der Waals surface area contributed by atoms with E-state index in [1.165, 1.54) is 0 Å². The third kappa shape index (κ3) is 3.54. The van der Waals surface area contributed by atoms with E-state index in [9.17, 15) is 5.11 Å². The van der Waals surface area contributed by atoms with Crippen LogP contribution in [0.15, 0.2) is 28.8 Å². The van der Waals surface area contributed by atoms with Crippen LogP contribution in [0.4, 0.5) is 0 Å². The molecule has 0 saturated carbocycles. The fraction of sp³-hybridized carbons (Fsp3) is 0.429. The van der Waals surface area contributed by atoms with Crippen molar-refractivity contribution in [2.45, 2.75) is 39.4 Å². The highest BCUT2D eigenvalue weighted by Crippen LogP contribution is 2.18. The standard InChI is InChI=1S/C14H18N2O3/c1-9(2)14-15-13(19-16-14)8-18-12-6-4-11(5-7-12)10(3)17/h4-7,9-10,17H,8H2,1-3H3/t10-/m1/s1. The zero-order valence-electron chi connectivity index (χ0n) is 11.3. The fourth-order valence-electron chi connectivity index (χ4n) is 1.55. The number of ether oxygens (including phenoxy) is 1. The lowest BCUT2D eigenvalue weighted by Crippen LogP contribution is -1.97. The number of aromatic nitrogens is 2. The van der Waals surface area contributed by atoms with E-state index in [4.69, 9.17) is 9.26 Å². The first-order valence-electron chi connectivity index (χ1n) is 6.29.